The first-order chi connectivity index (χ1) is 5.09. The third-order valence-electron chi connectivity index (χ3n) is 2.85. The topological polar surface area (TPSA) is 0 Å². The average molecular weight is 225 g/mol. The molecule has 1 aliphatic carbocycles. The van der Waals surface area contributed by atoms with Crippen LogP contribution in [0.5, 0.6) is 0 Å². The summed E-state index contributed by atoms with van der Waals surface area (Å²) in [6.45, 7) is 8.96. The predicted molar refractivity (Wildman–Crippen MR) is 46.3 cm³/mol. The van der Waals surface area contributed by atoms with E-state index in [0.717, 1.165) is 0 Å². The molecule has 11 heavy (non-hydrogen) atoms. The molecule has 1 aliphatic rings. The predicted octanol–water partition coefficient (Wildman–Crippen LogP) is 2.64. The Bertz CT molecular complexity index is 232. The number of hydrogen-bond acceptors (Lipinski definition) is 0. The Hall–Kier alpha value is 0.233. The van der Waals surface area contributed by atoms with E-state index < -0.39 is 0 Å². The first-order valence-electron chi connectivity index (χ1n) is 3.95. The normalized spacial score (nSPS) is 20.2. The second kappa shape index (κ2) is 3.31. The molecule has 0 aromatic heterocycles. The molecule has 0 radical (unpaired) electrons. The SMILES string of the molecule is CC1=C(C)C([CH]=[Zr+2])C(C)=C1C. The summed E-state index contributed by atoms with van der Waals surface area (Å²) in [5.41, 5.74) is 6.12. The summed E-state index contributed by atoms with van der Waals surface area (Å²) in [6, 6.07) is 0. The second-order valence-corrected chi connectivity index (χ2v) is 4.08. The van der Waals surface area contributed by atoms with E-state index in [4.69, 9.17) is 0 Å². The molecular weight excluding hydrogens is 211 g/mol. The van der Waals surface area contributed by atoms with Crippen LogP contribution in [0, 0.1) is 5.92 Å². The fraction of sp³-hybridized carbons (Fsp3) is 0.500. The molecular formula is C10H14Zr+2. The van der Waals surface area contributed by atoms with Gasteiger partial charge in [-0.1, -0.05) is 0 Å². The minimum atomic E-state index is 0.660. The van der Waals surface area contributed by atoms with E-state index in [-0.39, 0.29) is 0 Å². The average Bonchev–Trinajstić information content (AvgIpc) is 2.17. The van der Waals surface area contributed by atoms with Crippen molar-refractivity contribution in [3.63, 3.8) is 0 Å². The monoisotopic (exact) mass is 224 g/mol. The molecule has 0 fully saturated rings. The summed E-state index contributed by atoms with van der Waals surface area (Å²) < 4.78 is 2.37. The van der Waals surface area contributed by atoms with Gasteiger partial charge in [0.05, 0.1) is 0 Å². The van der Waals surface area contributed by atoms with Gasteiger partial charge in [-0.15, -0.1) is 0 Å². The second-order valence-electron chi connectivity index (χ2n) is 3.26. The molecule has 0 aromatic rings. The van der Waals surface area contributed by atoms with Crippen LogP contribution in [0.15, 0.2) is 22.3 Å². The van der Waals surface area contributed by atoms with Crippen LogP contribution >= 0.6 is 0 Å². The van der Waals surface area contributed by atoms with Crippen molar-refractivity contribution in [2.24, 2.45) is 5.92 Å². The van der Waals surface area contributed by atoms with Gasteiger partial charge in [-0.3, -0.25) is 0 Å². The van der Waals surface area contributed by atoms with Gasteiger partial charge >= 0.3 is 83.8 Å². The zero-order valence-corrected chi connectivity index (χ0v) is 10.1. The van der Waals surface area contributed by atoms with Crippen LogP contribution in [0.25, 0.3) is 0 Å². The van der Waals surface area contributed by atoms with Crippen LogP contribution in [0.4, 0.5) is 0 Å². The van der Waals surface area contributed by atoms with Crippen molar-refractivity contribution in [3.8, 4) is 0 Å². The standard InChI is InChI=1S/C10H14.Zr/c1-6-7(2)9(4)10(5)8(6)3;/h1,6H,2-5H3;/q;+2. The van der Waals surface area contributed by atoms with Crippen molar-refractivity contribution < 1.29 is 24.2 Å². The molecule has 0 atom stereocenters. The Balaban J connectivity index is 3.14. The van der Waals surface area contributed by atoms with Crippen LogP contribution in [0.3, 0.4) is 0 Å². The maximum atomic E-state index is 2.37. The molecule has 0 spiro atoms. The van der Waals surface area contributed by atoms with E-state index >= 15 is 0 Å². The summed E-state index contributed by atoms with van der Waals surface area (Å²) >= 11 is 1.53. The Kier molecular flexibility index (Phi) is 2.81. The van der Waals surface area contributed by atoms with Gasteiger partial charge in [0.2, 0.25) is 0 Å². The Morgan fingerprint density at radius 1 is 1.00 bits per heavy atom. The van der Waals surface area contributed by atoms with E-state index in [9.17, 15) is 0 Å². The van der Waals surface area contributed by atoms with Gasteiger partial charge in [-0.2, -0.15) is 0 Å². The quantitative estimate of drug-likeness (QED) is 0.643. The minimum absolute atomic E-state index is 0.660. The summed E-state index contributed by atoms with van der Waals surface area (Å²) in [5, 5.41) is 0. The molecule has 1 rings (SSSR count). The van der Waals surface area contributed by atoms with E-state index in [2.05, 4.69) is 31.4 Å². The summed E-state index contributed by atoms with van der Waals surface area (Å²) in [4.78, 5) is 0. The molecule has 0 saturated carbocycles. The third-order valence-corrected chi connectivity index (χ3v) is 3.66. The molecule has 0 unspecified atom stereocenters. The van der Waals surface area contributed by atoms with Gasteiger partial charge in [-0.25, -0.2) is 0 Å². The first kappa shape index (κ1) is 9.32. The van der Waals surface area contributed by atoms with Crippen molar-refractivity contribution in [3.05, 3.63) is 22.3 Å². The molecule has 0 saturated heterocycles. The molecule has 0 aromatic carbocycles. The van der Waals surface area contributed by atoms with E-state index in [1.807, 2.05) is 0 Å². The first-order valence-corrected chi connectivity index (χ1v) is 5.37. The fourth-order valence-corrected chi connectivity index (χ4v) is 2.86. The Labute approximate surface area is 83.7 Å². The van der Waals surface area contributed by atoms with Crippen molar-refractivity contribution in [2.75, 3.05) is 0 Å². The van der Waals surface area contributed by atoms with Crippen LogP contribution in [-0.2, 0) is 24.2 Å². The van der Waals surface area contributed by atoms with Crippen molar-refractivity contribution in [1.29, 1.82) is 0 Å². The molecule has 0 heterocycles. The van der Waals surface area contributed by atoms with Gasteiger partial charge in [-0.05, 0) is 0 Å². The zero-order chi connectivity index (χ0) is 8.59. The van der Waals surface area contributed by atoms with Gasteiger partial charge in [0.15, 0.2) is 0 Å². The Morgan fingerprint density at radius 3 is 1.55 bits per heavy atom. The van der Waals surface area contributed by atoms with Gasteiger partial charge in [0.25, 0.3) is 0 Å². The van der Waals surface area contributed by atoms with Crippen molar-refractivity contribution >= 4 is 3.71 Å². The number of hydrogen-bond donors (Lipinski definition) is 0. The van der Waals surface area contributed by atoms with Crippen molar-refractivity contribution in [2.45, 2.75) is 27.7 Å². The summed E-state index contributed by atoms with van der Waals surface area (Å²) in [5.74, 6) is 0.660. The molecule has 1 heteroatoms. The van der Waals surface area contributed by atoms with Gasteiger partial charge in [0, 0.05) is 0 Å². The van der Waals surface area contributed by atoms with E-state index in [0.29, 0.717) is 5.92 Å². The molecule has 0 N–H and O–H groups in total. The van der Waals surface area contributed by atoms with Crippen LogP contribution in [0.2, 0.25) is 0 Å². The molecule has 0 nitrogen and oxygen atoms in total. The van der Waals surface area contributed by atoms with Crippen molar-refractivity contribution in [1.82, 2.24) is 0 Å². The maximum absolute atomic E-state index is 2.37. The summed E-state index contributed by atoms with van der Waals surface area (Å²) in [6.07, 6.45) is 0. The molecule has 56 valence electrons. The number of rotatable bonds is 1. The Morgan fingerprint density at radius 2 is 1.36 bits per heavy atom. The van der Waals surface area contributed by atoms with Crippen LogP contribution in [-0.4, -0.2) is 3.71 Å². The molecule has 0 bridgehead atoms. The van der Waals surface area contributed by atoms with E-state index in [1.165, 1.54) is 35.4 Å². The van der Waals surface area contributed by atoms with Crippen LogP contribution in [0.1, 0.15) is 27.7 Å². The third kappa shape index (κ3) is 1.40. The zero-order valence-electron chi connectivity index (χ0n) is 7.65. The fourth-order valence-electron chi connectivity index (χ4n) is 1.63. The van der Waals surface area contributed by atoms with Crippen LogP contribution < -0.4 is 0 Å². The summed E-state index contributed by atoms with van der Waals surface area (Å²) in [7, 11) is 0. The van der Waals surface area contributed by atoms with Gasteiger partial charge < -0.3 is 0 Å². The molecule has 0 aliphatic heterocycles. The number of allylic oxidation sites excluding steroid dienone is 4. The van der Waals surface area contributed by atoms with Gasteiger partial charge in [0.1, 0.15) is 0 Å². The van der Waals surface area contributed by atoms with E-state index in [1.54, 1.807) is 11.1 Å². The molecule has 0 amide bonds.